The summed E-state index contributed by atoms with van der Waals surface area (Å²) in [5.41, 5.74) is 15.7. The number of nitrogens with zero attached hydrogens (tertiary/aromatic N) is 1. The van der Waals surface area contributed by atoms with Gasteiger partial charge in [0.05, 0.1) is 18.9 Å². The Morgan fingerprint density at radius 2 is 1.60 bits per heavy atom. The smallest absolute Gasteiger partial charge is 0.326 e. The van der Waals surface area contributed by atoms with Crippen molar-refractivity contribution >= 4 is 48.1 Å². The summed E-state index contributed by atoms with van der Waals surface area (Å²) in [7, 11) is 0. The lowest BCUT2D eigenvalue weighted by Crippen LogP contribution is -2.57. The van der Waals surface area contributed by atoms with Crippen LogP contribution >= 0.6 is 12.6 Å². The third kappa shape index (κ3) is 7.18. The van der Waals surface area contributed by atoms with E-state index in [-0.39, 0.29) is 18.7 Å². The number of carboxylic acid groups (broad SMARTS) is 1. The third-order valence-electron chi connectivity index (χ3n) is 4.41. The minimum atomic E-state index is -1.55. The zero-order chi connectivity index (χ0) is 23.0. The summed E-state index contributed by atoms with van der Waals surface area (Å²) in [4.78, 5) is 72.2. The molecule has 1 rings (SSSR count). The van der Waals surface area contributed by atoms with Crippen LogP contribution in [0.25, 0.3) is 0 Å². The van der Waals surface area contributed by atoms with Gasteiger partial charge in [-0.15, -0.1) is 0 Å². The average Bonchev–Trinajstić information content (AvgIpc) is 3.14. The van der Waals surface area contributed by atoms with Gasteiger partial charge in [-0.1, -0.05) is 0 Å². The molecule has 1 aliphatic heterocycles. The van der Waals surface area contributed by atoms with Gasteiger partial charge in [0.25, 0.3) is 0 Å². The largest absolute Gasteiger partial charge is 0.480 e. The summed E-state index contributed by atoms with van der Waals surface area (Å²) in [5.74, 6) is -5.52. The molecule has 0 aromatic rings. The number of hydrogen-bond donors (Lipinski definition) is 7. The highest BCUT2D eigenvalue weighted by molar-refractivity contribution is 7.80. The fourth-order valence-electron chi connectivity index (χ4n) is 2.94. The molecule has 0 aromatic heterocycles. The number of aliphatic carboxylic acids is 1. The molecule has 9 N–H and O–H groups in total. The Balaban J connectivity index is 2.96. The lowest BCUT2D eigenvalue weighted by molar-refractivity contribution is -0.146. The highest BCUT2D eigenvalue weighted by Crippen LogP contribution is 2.19. The van der Waals surface area contributed by atoms with E-state index in [1.54, 1.807) is 0 Å². The van der Waals surface area contributed by atoms with Crippen molar-refractivity contribution in [3.05, 3.63) is 0 Å². The number of amides is 5. The van der Waals surface area contributed by atoms with Gasteiger partial charge in [0, 0.05) is 12.3 Å². The average molecular weight is 446 g/mol. The van der Waals surface area contributed by atoms with Crippen LogP contribution in [0.2, 0.25) is 0 Å². The summed E-state index contributed by atoms with van der Waals surface area (Å²) in [6.07, 6.45) is -0.503. The van der Waals surface area contributed by atoms with E-state index in [4.69, 9.17) is 22.3 Å². The molecule has 1 heterocycles. The molecule has 168 valence electrons. The van der Waals surface area contributed by atoms with Crippen LogP contribution in [0.5, 0.6) is 0 Å². The van der Waals surface area contributed by atoms with E-state index in [1.807, 2.05) is 0 Å². The Hall–Kier alpha value is -2.87. The molecule has 13 nitrogen and oxygen atoms in total. The molecule has 0 radical (unpaired) electrons. The minimum absolute atomic E-state index is 0.00546. The van der Waals surface area contributed by atoms with Gasteiger partial charge >= 0.3 is 5.97 Å². The number of carbonyl (C=O) groups excluding carboxylic acids is 5. The summed E-state index contributed by atoms with van der Waals surface area (Å²) >= 11 is 3.89. The molecule has 1 saturated heterocycles. The van der Waals surface area contributed by atoms with Crippen LogP contribution in [0.1, 0.15) is 25.7 Å². The fourth-order valence-corrected chi connectivity index (χ4v) is 3.10. The molecule has 0 aliphatic carbocycles. The molecular formula is C16H26N6O7S. The number of likely N-dealkylation sites (tertiary alicyclic amines) is 1. The van der Waals surface area contributed by atoms with Crippen LogP contribution in [0.3, 0.4) is 0 Å². The van der Waals surface area contributed by atoms with Crippen LogP contribution in [-0.2, 0) is 28.8 Å². The summed E-state index contributed by atoms with van der Waals surface area (Å²) in [6.45, 7) is 0.133. The van der Waals surface area contributed by atoms with E-state index in [9.17, 15) is 28.8 Å². The van der Waals surface area contributed by atoms with Crippen LogP contribution < -0.4 is 27.8 Å². The van der Waals surface area contributed by atoms with Crippen molar-refractivity contribution in [1.29, 1.82) is 0 Å². The second kappa shape index (κ2) is 11.3. The minimum Gasteiger partial charge on any atom is -0.480 e. The van der Waals surface area contributed by atoms with Crippen molar-refractivity contribution in [1.82, 2.24) is 15.5 Å². The van der Waals surface area contributed by atoms with E-state index in [0.717, 1.165) is 4.90 Å². The van der Waals surface area contributed by atoms with Gasteiger partial charge in [-0.3, -0.25) is 24.0 Å². The molecule has 1 fully saturated rings. The van der Waals surface area contributed by atoms with E-state index in [1.165, 1.54) is 0 Å². The van der Waals surface area contributed by atoms with Crippen LogP contribution in [0.15, 0.2) is 0 Å². The van der Waals surface area contributed by atoms with Gasteiger partial charge in [0.1, 0.15) is 18.1 Å². The maximum atomic E-state index is 12.9. The molecule has 5 amide bonds. The van der Waals surface area contributed by atoms with Crippen LogP contribution in [-0.4, -0.2) is 82.0 Å². The van der Waals surface area contributed by atoms with Crippen LogP contribution in [0, 0.1) is 0 Å². The zero-order valence-electron chi connectivity index (χ0n) is 16.1. The van der Waals surface area contributed by atoms with Gasteiger partial charge < -0.3 is 37.8 Å². The van der Waals surface area contributed by atoms with E-state index < -0.39 is 72.5 Å². The van der Waals surface area contributed by atoms with E-state index in [0.29, 0.717) is 6.42 Å². The first-order valence-electron chi connectivity index (χ1n) is 9.05. The Kier molecular flexibility index (Phi) is 9.52. The molecule has 0 bridgehead atoms. The van der Waals surface area contributed by atoms with E-state index >= 15 is 0 Å². The first-order valence-corrected chi connectivity index (χ1v) is 9.68. The number of hydrogen-bond acceptors (Lipinski definition) is 8. The fraction of sp³-hybridized carbons (Fsp3) is 0.625. The Labute approximate surface area is 177 Å². The Bertz CT molecular complexity index is 718. The quantitative estimate of drug-likeness (QED) is 0.154. The van der Waals surface area contributed by atoms with Crippen molar-refractivity contribution in [3.63, 3.8) is 0 Å². The molecule has 0 saturated carbocycles. The second-order valence-corrected chi connectivity index (χ2v) is 7.15. The van der Waals surface area contributed by atoms with Gasteiger partial charge in [0.2, 0.25) is 29.5 Å². The van der Waals surface area contributed by atoms with Crippen molar-refractivity contribution in [3.8, 4) is 0 Å². The summed E-state index contributed by atoms with van der Waals surface area (Å²) < 4.78 is 0. The predicted molar refractivity (Wildman–Crippen MR) is 106 cm³/mol. The molecule has 1 aliphatic rings. The number of carboxylic acids is 1. The molecule has 0 aromatic carbocycles. The van der Waals surface area contributed by atoms with Crippen molar-refractivity contribution in [2.75, 3.05) is 12.3 Å². The molecular weight excluding hydrogens is 420 g/mol. The number of primary amides is 2. The standard InChI is InChI=1S/C16H26N6O7S/c17-7(6-30)13(25)20-8(4-11(18)23)15(27)22-3-1-2-10(22)14(26)21-9(16(28)29)5-12(19)24/h7-10,30H,1-6,17H2,(H2,18,23)(H2,19,24)(H,20,25)(H,21,26)(H,28,29). The molecule has 30 heavy (non-hydrogen) atoms. The number of nitrogens with two attached hydrogens (primary N) is 3. The molecule has 0 spiro atoms. The number of carbonyl (C=O) groups is 6. The Morgan fingerprint density at radius 1 is 1.03 bits per heavy atom. The van der Waals surface area contributed by atoms with Crippen LogP contribution in [0.4, 0.5) is 0 Å². The van der Waals surface area contributed by atoms with Crippen molar-refractivity contribution < 1.29 is 33.9 Å². The lowest BCUT2D eigenvalue weighted by atomic mass is 10.1. The Morgan fingerprint density at radius 3 is 2.10 bits per heavy atom. The zero-order valence-corrected chi connectivity index (χ0v) is 17.0. The van der Waals surface area contributed by atoms with E-state index in [2.05, 4.69) is 23.3 Å². The van der Waals surface area contributed by atoms with Crippen molar-refractivity contribution in [2.45, 2.75) is 49.9 Å². The maximum absolute atomic E-state index is 12.9. The SMILES string of the molecule is NC(=O)CC(NC(=O)C1CCCN1C(=O)C(CC(N)=O)NC(=O)C(N)CS)C(=O)O. The third-order valence-corrected chi connectivity index (χ3v) is 4.81. The monoisotopic (exact) mass is 446 g/mol. The second-order valence-electron chi connectivity index (χ2n) is 6.78. The predicted octanol–water partition coefficient (Wildman–Crippen LogP) is -3.96. The molecule has 4 atom stereocenters. The summed E-state index contributed by atoms with van der Waals surface area (Å²) in [5, 5.41) is 13.6. The van der Waals surface area contributed by atoms with Crippen molar-refractivity contribution in [2.24, 2.45) is 17.2 Å². The number of thiol groups is 1. The maximum Gasteiger partial charge on any atom is 0.326 e. The van der Waals surface area contributed by atoms with Gasteiger partial charge in [-0.25, -0.2) is 4.79 Å². The highest BCUT2D eigenvalue weighted by Gasteiger charge is 2.39. The normalized spacial score (nSPS) is 18.7. The summed E-state index contributed by atoms with van der Waals surface area (Å²) in [6, 6.07) is -4.99. The first kappa shape index (κ1) is 25.2. The van der Waals surface area contributed by atoms with Gasteiger partial charge in [-0.2, -0.15) is 12.6 Å². The number of nitrogens with one attached hydrogen (secondary N) is 2. The first-order chi connectivity index (χ1) is 14.0. The lowest BCUT2D eigenvalue weighted by Gasteiger charge is -2.29. The number of rotatable bonds is 11. The topological polar surface area (TPSA) is 228 Å². The van der Waals surface area contributed by atoms with Gasteiger partial charge in [0.15, 0.2) is 0 Å². The molecule has 14 heteroatoms. The molecule has 4 unspecified atom stereocenters. The highest BCUT2D eigenvalue weighted by atomic mass is 32.1. The van der Waals surface area contributed by atoms with Gasteiger partial charge in [-0.05, 0) is 12.8 Å².